The van der Waals surface area contributed by atoms with Crippen LogP contribution in [-0.2, 0) is 21.8 Å². The fourth-order valence-electron chi connectivity index (χ4n) is 3.45. The standard InChI is InChI=1S/C23H24ClN3O5S/c1-16-3-6-18(7-4-16)32-22-8-5-17(24)13-20(22)25-23(28)21-14-19(15-26(21)2)33(29,30)27-9-11-31-12-10-27/h3-8,13-15H,9-12H2,1-2H3,(H,25,28). The molecule has 2 aromatic carbocycles. The van der Waals surface area contributed by atoms with Gasteiger partial charge >= 0.3 is 0 Å². The van der Waals surface area contributed by atoms with Crippen molar-refractivity contribution in [3.05, 3.63) is 71.0 Å². The molecule has 2 heterocycles. The maximum atomic E-state index is 13.1. The van der Waals surface area contributed by atoms with Crippen LogP contribution in [0.4, 0.5) is 5.69 Å². The third-order valence-electron chi connectivity index (χ3n) is 5.26. The fraction of sp³-hybridized carbons (Fsp3) is 0.261. The number of hydrogen-bond donors (Lipinski definition) is 1. The zero-order valence-corrected chi connectivity index (χ0v) is 19.8. The van der Waals surface area contributed by atoms with Crippen molar-refractivity contribution in [3.8, 4) is 11.5 Å². The summed E-state index contributed by atoms with van der Waals surface area (Å²) < 4.78 is 39.9. The first-order chi connectivity index (χ1) is 15.7. The second-order valence-electron chi connectivity index (χ2n) is 7.70. The number of halogens is 1. The predicted molar refractivity (Wildman–Crippen MR) is 126 cm³/mol. The molecular formula is C23H24ClN3O5S. The van der Waals surface area contributed by atoms with Crippen molar-refractivity contribution >= 4 is 33.2 Å². The number of benzene rings is 2. The zero-order chi connectivity index (χ0) is 23.6. The highest BCUT2D eigenvalue weighted by Crippen LogP contribution is 2.33. The number of nitrogens with zero attached hydrogens (tertiary/aromatic N) is 2. The topological polar surface area (TPSA) is 89.9 Å². The van der Waals surface area contributed by atoms with Crippen molar-refractivity contribution in [2.45, 2.75) is 11.8 Å². The number of ether oxygens (including phenoxy) is 2. The molecule has 0 radical (unpaired) electrons. The number of aromatic nitrogens is 1. The Morgan fingerprint density at radius 3 is 2.48 bits per heavy atom. The molecule has 10 heteroatoms. The molecule has 0 saturated carbocycles. The normalized spacial score (nSPS) is 14.8. The van der Waals surface area contributed by atoms with Gasteiger partial charge in [0, 0.05) is 31.4 Å². The summed E-state index contributed by atoms with van der Waals surface area (Å²) in [6, 6.07) is 13.8. The average molecular weight is 490 g/mol. The lowest BCUT2D eigenvalue weighted by atomic mass is 10.2. The summed E-state index contributed by atoms with van der Waals surface area (Å²) in [5.74, 6) is 0.528. The molecule has 1 N–H and O–H groups in total. The molecule has 1 aliphatic heterocycles. The minimum absolute atomic E-state index is 0.0549. The molecule has 0 unspecified atom stereocenters. The highest BCUT2D eigenvalue weighted by Gasteiger charge is 2.29. The van der Waals surface area contributed by atoms with Gasteiger partial charge in [-0.25, -0.2) is 8.42 Å². The highest BCUT2D eigenvalue weighted by molar-refractivity contribution is 7.89. The Bertz CT molecular complexity index is 1270. The van der Waals surface area contributed by atoms with E-state index in [4.69, 9.17) is 21.1 Å². The number of rotatable bonds is 6. The number of amides is 1. The molecule has 4 rings (SSSR count). The lowest BCUT2D eigenvalue weighted by Crippen LogP contribution is -2.40. The molecule has 174 valence electrons. The van der Waals surface area contributed by atoms with Gasteiger partial charge in [-0.05, 0) is 43.3 Å². The first kappa shape index (κ1) is 23.3. The molecule has 1 saturated heterocycles. The zero-order valence-electron chi connectivity index (χ0n) is 18.2. The number of hydrogen-bond acceptors (Lipinski definition) is 5. The molecule has 8 nitrogen and oxygen atoms in total. The molecule has 0 bridgehead atoms. The first-order valence-corrected chi connectivity index (χ1v) is 12.2. The van der Waals surface area contributed by atoms with E-state index in [0.717, 1.165) is 5.56 Å². The molecule has 0 spiro atoms. The van der Waals surface area contributed by atoms with Crippen LogP contribution in [0.2, 0.25) is 5.02 Å². The van der Waals surface area contributed by atoms with Crippen molar-refractivity contribution < 1.29 is 22.7 Å². The van der Waals surface area contributed by atoms with E-state index in [1.807, 2.05) is 31.2 Å². The monoisotopic (exact) mass is 489 g/mol. The summed E-state index contributed by atoms with van der Waals surface area (Å²) in [5.41, 5.74) is 1.65. The summed E-state index contributed by atoms with van der Waals surface area (Å²) in [6.07, 6.45) is 1.43. The van der Waals surface area contributed by atoms with Crippen molar-refractivity contribution in [2.75, 3.05) is 31.6 Å². The van der Waals surface area contributed by atoms with Gasteiger partial charge in [0.15, 0.2) is 5.75 Å². The van der Waals surface area contributed by atoms with Crippen LogP contribution in [0.5, 0.6) is 11.5 Å². The third-order valence-corrected chi connectivity index (χ3v) is 7.36. The average Bonchev–Trinajstić information content (AvgIpc) is 3.20. The van der Waals surface area contributed by atoms with Gasteiger partial charge in [-0.15, -0.1) is 0 Å². The lowest BCUT2D eigenvalue weighted by molar-refractivity contribution is 0.0730. The van der Waals surface area contributed by atoms with Crippen molar-refractivity contribution in [3.63, 3.8) is 0 Å². The van der Waals surface area contributed by atoms with E-state index < -0.39 is 15.9 Å². The molecule has 1 aromatic heterocycles. The molecule has 0 aliphatic carbocycles. The van der Waals surface area contributed by atoms with E-state index in [-0.39, 0.29) is 23.7 Å². The summed E-state index contributed by atoms with van der Waals surface area (Å²) in [7, 11) is -2.10. The van der Waals surface area contributed by atoms with Gasteiger partial charge in [0.1, 0.15) is 16.3 Å². The second-order valence-corrected chi connectivity index (χ2v) is 10.1. The van der Waals surface area contributed by atoms with Crippen LogP contribution in [0.1, 0.15) is 16.1 Å². The van der Waals surface area contributed by atoms with E-state index in [1.54, 1.807) is 25.2 Å². The summed E-state index contributed by atoms with van der Waals surface area (Å²) in [4.78, 5) is 13.1. The van der Waals surface area contributed by atoms with Crippen LogP contribution in [0.3, 0.4) is 0 Å². The minimum atomic E-state index is -3.72. The van der Waals surface area contributed by atoms with Crippen molar-refractivity contribution in [1.29, 1.82) is 0 Å². The molecule has 33 heavy (non-hydrogen) atoms. The fourth-order valence-corrected chi connectivity index (χ4v) is 5.10. The van der Waals surface area contributed by atoms with Crippen molar-refractivity contribution in [2.24, 2.45) is 7.05 Å². The SMILES string of the molecule is Cc1ccc(Oc2ccc(Cl)cc2NC(=O)c2cc(S(=O)(=O)N3CCOCC3)cn2C)cc1. The third kappa shape index (κ3) is 5.22. The van der Waals surface area contributed by atoms with E-state index in [0.29, 0.717) is 35.4 Å². The van der Waals surface area contributed by atoms with E-state index in [2.05, 4.69) is 5.32 Å². The highest BCUT2D eigenvalue weighted by atomic mass is 35.5. The quantitative estimate of drug-likeness (QED) is 0.564. The molecule has 1 fully saturated rings. The Labute approximate surface area is 197 Å². The Morgan fingerprint density at radius 1 is 1.09 bits per heavy atom. The number of sulfonamides is 1. The van der Waals surface area contributed by atoms with Crippen LogP contribution in [0.25, 0.3) is 0 Å². The number of anilines is 1. The van der Waals surface area contributed by atoms with Crippen LogP contribution in [0.15, 0.2) is 59.6 Å². The van der Waals surface area contributed by atoms with E-state index in [9.17, 15) is 13.2 Å². The smallest absolute Gasteiger partial charge is 0.272 e. The number of aryl methyl sites for hydroxylation is 2. The molecular weight excluding hydrogens is 466 g/mol. The Morgan fingerprint density at radius 2 is 1.79 bits per heavy atom. The lowest BCUT2D eigenvalue weighted by Gasteiger charge is -2.25. The van der Waals surface area contributed by atoms with Crippen LogP contribution in [0, 0.1) is 6.92 Å². The maximum absolute atomic E-state index is 13.1. The Balaban J connectivity index is 1.57. The Hall–Kier alpha value is -2.85. The van der Waals surface area contributed by atoms with Crippen LogP contribution >= 0.6 is 11.6 Å². The van der Waals surface area contributed by atoms with Gasteiger partial charge in [0.2, 0.25) is 10.0 Å². The summed E-state index contributed by atoms with van der Waals surface area (Å²) >= 11 is 6.14. The summed E-state index contributed by atoms with van der Waals surface area (Å²) in [5, 5.41) is 3.21. The van der Waals surface area contributed by atoms with Crippen LogP contribution in [-0.4, -0.2) is 49.5 Å². The predicted octanol–water partition coefficient (Wildman–Crippen LogP) is 4.05. The number of carbonyl (C=O) groups excluding carboxylic acids is 1. The maximum Gasteiger partial charge on any atom is 0.272 e. The summed E-state index contributed by atoms with van der Waals surface area (Å²) in [6.45, 7) is 3.23. The number of morpholine rings is 1. The van der Waals surface area contributed by atoms with Gasteiger partial charge in [0.05, 0.1) is 18.9 Å². The largest absolute Gasteiger partial charge is 0.455 e. The van der Waals surface area contributed by atoms with E-state index in [1.165, 1.54) is 21.1 Å². The molecule has 1 aliphatic rings. The Kier molecular flexibility index (Phi) is 6.76. The van der Waals surface area contributed by atoms with Crippen molar-refractivity contribution in [1.82, 2.24) is 8.87 Å². The van der Waals surface area contributed by atoms with Gasteiger partial charge < -0.3 is 19.4 Å². The first-order valence-electron chi connectivity index (χ1n) is 10.3. The van der Waals surface area contributed by atoms with E-state index >= 15 is 0 Å². The van der Waals surface area contributed by atoms with Gasteiger partial charge in [-0.2, -0.15) is 4.31 Å². The number of carbonyl (C=O) groups is 1. The molecule has 1 amide bonds. The second kappa shape index (κ2) is 9.56. The molecule has 0 atom stereocenters. The minimum Gasteiger partial charge on any atom is -0.455 e. The van der Waals surface area contributed by atoms with Gasteiger partial charge in [0.25, 0.3) is 5.91 Å². The van der Waals surface area contributed by atoms with Crippen LogP contribution < -0.4 is 10.1 Å². The number of nitrogens with one attached hydrogen (secondary N) is 1. The molecule has 3 aromatic rings. The van der Waals surface area contributed by atoms with Gasteiger partial charge in [-0.3, -0.25) is 4.79 Å². The van der Waals surface area contributed by atoms with Gasteiger partial charge in [-0.1, -0.05) is 29.3 Å².